The molecule has 0 spiro atoms. The van der Waals surface area contributed by atoms with Crippen molar-refractivity contribution < 1.29 is 14.3 Å². The number of ether oxygens (including phenoxy) is 1. The molecule has 0 saturated heterocycles. The average molecular weight is 364 g/mol. The Kier molecular flexibility index (Phi) is 6.41. The number of rotatable bonds is 5. The van der Waals surface area contributed by atoms with Crippen molar-refractivity contribution in [1.82, 2.24) is 0 Å². The van der Waals surface area contributed by atoms with Crippen molar-refractivity contribution in [3.8, 4) is 0 Å². The Morgan fingerprint density at radius 1 is 1.08 bits per heavy atom. The summed E-state index contributed by atoms with van der Waals surface area (Å²) >= 11 is 12.1. The zero-order valence-corrected chi connectivity index (χ0v) is 14.4. The summed E-state index contributed by atoms with van der Waals surface area (Å²) in [6, 6.07) is 11.5. The Hall–Kier alpha value is -2.30. The van der Waals surface area contributed by atoms with E-state index in [1.165, 1.54) is 6.08 Å². The lowest BCUT2D eigenvalue weighted by atomic mass is 10.2. The molecular formula is C18H15Cl2NO3. The van der Waals surface area contributed by atoms with Gasteiger partial charge in [0.2, 0.25) is 5.91 Å². The van der Waals surface area contributed by atoms with E-state index in [1.54, 1.807) is 55.5 Å². The van der Waals surface area contributed by atoms with Gasteiger partial charge in [0.05, 0.1) is 12.2 Å². The van der Waals surface area contributed by atoms with E-state index in [1.807, 2.05) is 0 Å². The third kappa shape index (κ3) is 4.85. The van der Waals surface area contributed by atoms with Gasteiger partial charge in [-0.3, -0.25) is 4.79 Å². The number of halogens is 2. The zero-order chi connectivity index (χ0) is 17.5. The van der Waals surface area contributed by atoms with Crippen LogP contribution in [0.4, 0.5) is 5.69 Å². The number of nitrogens with one attached hydrogen (secondary N) is 1. The molecule has 1 amide bonds. The lowest BCUT2D eigenvalue weighted by molar-refractivity contribution is -0.111. The minimum atomic E-state index is -0.399. The number of amides is 1. The van der Waals surface area contributed by atoms with Gasteiger partial charge in [-0.25, -0.2) is 4.79 Å². The van der Waals surface area contributed by atoms with Gasteiger partial charge in [0.25, 0.3) is 0 Å². The molecule has 2 aromatic carbocycles. The van der Waals surface area contributed by atoms with Crippen molar-refractivity contribution >= 4 is 46.8 Å². The van der Waals surface area contributed by atoms with Crippen molar-refractivity contribution in [3.05, 3.63) is 69.7 Å². The lowest BCUT2D eigenvalue weighted by Gasteiger charge is -2.05. The number of carbonyl (C=O) groups excluding carboxylic acids is 2. The summed E-state index contributed by atoms with van der Waals surface area (Å²) in [5.74, 6) is -0.737. The van der Waals surface area contributed by atoms with Crippen LogP contribution < -0.4 is 5.32 Å². The highest BCUT2D eigenvalue weighted by Crippen LogP contribution is 2.25. The van der Waals surface area contributed by atoms with E-state index in [0.717, 1.165) is 0 Å². The van der Waals surface area contributed by atoms with Crippen molar-refractivity contribution in [2.45, 2.75) is 6.92 Å². The molecule has 124 valence electrons. The normalized spacial score (nSPS) is 10.6. The predicted molar refractivity (Wildman–Crippen MR) is 96.5 cm³/mol. The highest BCUT2D eigenvalue weighted by molar-refractivity contribution is 6.37. The van der Waals surface area contributed by atoms with E-state index in [9.17, 15) is 9.59 Å². The number of esters is 1. The van der Waals surface area contributed by atoms with Crippen LogP contribution >= 0.6 is 23.2 Å². The van der Waals surface area contributed by atoms with Crippen LogP contribution in [0.5, 0.6) is 0 Å². The maximum atomic E-state index is 12.0. The van der Waals surface area contributed by atoms with Crippen LogP contribution in [0.1, 0.15) is 22.8 Å². The first-order valence-corrected chi connectivity index (χ1v) is 7.97. The number of hydrogen-bond donors (Lipinski definition) is 1. The molecule has 1 N–H and O–H groups in total. The van der Waals surface area contributed by atoms with Crippen LogP contribution in [0, 0.1) is 0 Å². The van der Waals surface area contributed by atoms with Crippen molar-refractivity contribution in [2.75, 3.05) is 11.9 Å². The second-order valence-corrected chi connectivity index (χ2v) is 5.57. The molecule has 0 unspecified atom stereocenters. The summed E-state index contributed by atoms with van der Waals surface area (Å²) < 4.78 is 4.90. The molecule has 0 radical (unpaired) electrons. The molecule has 0 aliphatic carbocycles. The van der Waals surface area contributed by atoms with E-state index < -0.39 is 5.97 Å². The minimum absolute atomic E-state index is 0.312. The summed E-state index contributed by atoms with van der Waals surface area (Å²) in [6.45, 7) is 2.05. The molecule has 6 heteroatoms. The lowest BCUT2D eigenvalue weighted by Crippen LogP contribution is -2.09. The van der Waals surface area contributed by atoms with Gasteiger partial charge in [-0.05, 0) is 49.4 Å². The fourth-order valence-electron chi connectivity index (χ4n) is 1.92. The smallest absolute Gasteiger partial charge is 0.338 e. The number of benzene rings is 2. The van der Waals surface area contributed by atoms with Crippen LogP contribution in [0.2, 0.25) is 10.0 Å². The van der Waals surface area contributed by atoms with Crippen LogP contribution in [-0.2, 0) is 9.53 Å². The van der Waals surface area contributed by atoms with E-state index in [0.29, 0.717) is 33.5 Å². The Bertz CT molecular complexity index is 750. The standard InChI is InChI=1S/C18H15Cl2NO3/c1-2-24-18(23)12-6-8-13(9-7-12)21-17(22)11-10-14-15(19)4-3-5-16(14)20/h3-11H,2H2,1H3,(H,21,22)/b11-10+. The molecule has 0 aliphatic heterocycles. The molecule has 0 fully saturated rings. The van der Waals surface area contributed by atoms with Crippen LogP contribution in [-0.4, -0.2) is 18.5 Å². The summed E-state index contributed by atoms with van der Waals surface area (Å²) in [5.41, 5.74) is 1.56. The molecular weight excluding hydrogens is 349 g/mol. The summed E-state index contributed by atoms with van der Waals surface area (Å²) in [6.07, 6.45) is 2.89. The molecule has 0 saturated carbocycles. The van der Waals surface area contributed by atoms with Gasteiger partial charge in [-0.2, -0.15) is 0 Å². The van der Waals surface area contributed by atoms with Gasteiger partial charge in [0, 0.05) is 27.4 Å². The van der Waals surface area contributed by atoms with Crippen LogP contribution in [0.25, 0.3) is 6.08 Å². The third-order valence-electron chi connectivity index (χ3n) is 3.06. The zero-order valence-electron chi connectivity index (χ0n) is 12.9. The third-order valence-corrected chi connectivity index (χ3v) is 3.72. The van der Waals surface area contributed by atoms with Crippen molar-refractivity contribution in [3.63, 3.8) is 0 Å². The van der Waals surface area contributed by atoms with Gasteiger partial charge < -0.3 is 10.1 Å². The monoisotopic (exact) mass is 363 g/mol. The van der Waals surface area contributed by atoms with Gasteiger partial charge in [0.15, 0.2) is 0 Å². The fraction of sp³-hybridized carbons (Fsp3) is 0.111. The number of carbonyl (C=O) groups is 2. The minimum Gasteiger partial charge on any atom is -0.462 e. The summed E-state index contributed by atoms with van der Waals surface area (Å²) in [7, 11) is 0. The molecule has 4 nitrogen and oxygen atoms in total. The molecule has 0 bridgehead atoms. The Morgan fingerprint density at radius 3 is 2.29 bits per heavy atom. The highest BCUT2D eigenvalue weighted by atomic mass is 35.5. The van der Waals surface area contributed by atoms with E-state index in [4.69, 9.17) is 27.9 Å². The summed E-state index contributed by atoms with van der Waals surface area (Å²) in [5, 5.41) is 3.61. The van der Waals surface area contributed by atoms with Gasteiger partial charge in [-0.1, -0.05) is 29.3 Å². The molecule has 0 atom stereocenters. The number of hydrogen-bond acceptors (Lipinski definition) is 3. The topological polar surface area (TPSA) is 55.4 Å². The van der Waals surface area contributed by atoms with Gasteiger partial charge in [-0.15, -0.1) is 0 Å². The van der Waals surface area contributed by atoms with E-state index in [-0.39, 0.29) is 5.91 Å². The van der Waals surface area contributed by atoms with Crippen LogP contribution in [0.3, 0.4) is 0 Å². The first-order chi connectivity index (χ1) is 11.5. The number of anilines is 1. The molecule has 0 aliphatic rings. The van der Waals surface area contributed by atoms with Gasteiger partial charge >= 0.3 is 5.97 Å². The first kappa shape index (κ1) is 18.0. The Morgan fingerprint density at radius 2 is 1.71 bits per heavy atom. The molecule has 2 aromatic rings. The van der Waals surface area contributed by atoms with Crippen molar-refractivity contribution in [1.29, 1.82) is 0 Å². The second kappa shape index (κ2) is 8.52. The Labute approximate surface area is 150 Å². The fourth-order valence-corrected chi connectivity index (χ4v) is 2.44. The quantitative estimate of drug-likeness (QED) is 0.611. The molecule has 24 heavy (non-hydrogen) atoms. The van der Waals surface area contributed by atoms with Crippen LogP contribution in [0.15, 0.2) is 48.5 Å². The second-order valence-electron chi connectivity index (χ2n) is 4.76. The highest BCUT2D eigenvalue weighted by Gasteiger charge is 2.07. The van der Waals surface area contributed by atoms with E-state index in [2.05, 4.69) is 5.32 Å². The summed E-state index contributed by atoms with van der Waals surface area (Å²) in [4.78, 5) is 23.5. The first-order valence-electron chi connectivity index (χ1n) is 7.21. The van der Waals surface area contributed by atoms with Crippen molar-refractivity contribution in [2.24, 2.45) is 0 Å². The maximum absolute atomic E-state index is 12.0. The van der Waals surface area contributed by atoms with E-state index >= 15 is 0 Å². The molecule has 2 rings (SSSR count). The Balaban J connectivity index is 2.02. The SMILES string of the molecule is CCOC(=O)c1ccc(NC(=O)/C=C/c2c(Cl)cccc2Cl)cc1. The average Bonchev–Trinajstić information content (AvgIpc) is 2.55. The maximum Gasteiger partial charge on any atom is 0.338 e. The largest absolute Gasteiger partial charge is 0.462 e. The predicted octanol–water partition coefficient (Wildman–Crippen LogP) is 4.82. The van der Waals surface area contributed by atoms with Gasteiger partial charge in [0.1, 0.15) is 0 Å². The molecule has 0 aromatic heterocycles. The molecule has 0 heterocycles.